The molecular weight excluding hydrogens is 368 g/mol. The zero-order chi connectivity index (χ0) is 20.4. The molecule has 0 amide bonds. The first-order valence-electron chi connectivity index (χ1n) is 9.81. The number of esters is 3. The van der Waals surface area contributed by atoms with Gasteiger partial charge in [-0.3, -0.25) is 0 Å². The molecule has 2 heterocycles. The van der Waals surface area contributed by atoms with E-state index in [-0.39, 0.29) is 0 Å². The average Bonchev–Trinajstić information content (AvgIpc) is 2.60. The Labute approximate surface area is 163 Å². The van der Waals surface area contributed by atoms with Crippen LogP contribution in [0.4, 0.5) is 0 Å². The summed E-state index contributed by atoms with van der Waals surface area (Å²) in [5.74, 6) is -5.86. The Morgan fingerprint density at radius 2 is 1.57 bits per heavy atom. The summed E-state index contributed by atoms with van der Waals surface area (Å²) in [5.41, 5.74) is -0.899. The molecule has 1 spiro atoms. The third kappa shape index (κ3) is 4.15. The fourth-order valence-corrected chi connectivity index (χ4v) is 3.65. The van der Waals surface area contributed by atoms with E-state index >= 15 is 0 Å². The molecule has 1 unspecified atom stereocenters. The van der Waals surface area contributed by atoms with Crippen molar-refractivity contribution in [2.24, 2.45) is 0 Å². The molecule has 1 N–H and O–H groups in total. The van der Waals surface area contributed by atoms with Crippen molar-refractivity contribution in [1.29, 1.82) is 0 Å². The van der Waals surface area contributed by atoms with Gasteiger partial charge in [-0.25, -0.2) is 14.4 Å². The van der Waals surface area contributed by atoms with E-state index in [0.717, 1.165) is 44.6 Å². The van der Waals surface area contributed by atoms with Crippen molar-refractivity contribution in [3.63, 3.8) is 0 Å². The molecule has 3 aliphatic rings. The number of hydrogen-bond acceptors (Lipinski definition) is 8. The predicted molar refractivity (Wildman–Crippen MR) is 95.5 cm³/mol. The lowest BCUT2D eigenvalue weighted by Crippen LogP contribution is -2.47. The van der Waals surface area contributed by atoms with Crippen LogP contribution in [0.5, 0.6) is 0 Å². The van der Waals surface area contributed by atoms with Gasteiger partial charge in [0.15, 0.2) is 0 Å². The van der Waals surface area contributed by atoms with Crippen LogP contribution in [0.2, 0.25) is 0 Å². The highest BCUT2D eigenvalue weighted by Crippen LogP contribution is 2.38. The molecule has 0 aromatic heterocycles. The molecular formula is C20H26O8. The van der Waals surface area contributed by atoms with Gasteiger partial charge >= 0.3 is 17.9 Å². The number of ether oxygens (including phenoxy) is 4. The Kier molecular flexibility index (Phi) is 5.67. The number of cyclic esters (lactones) is 1. The lowest BCUT2D eigenvalue weighted by molar-refractivity contribution is -0.244. The molecule has 0 radical (unpaired) electrons. The average molecular weight is 394 g/mol. The molecule has 1 aliphatic carbocycles. The Balaban J connectivity index is 1.78. The van der Waals surface area contributed by atoms with E-state index in [4.69, 9.17) is 18.9 Å². The summed E-state index contributed by atoms with van der Waals surface area (Å²) in [6, 6.07) is 0. The molecule has 0 aromatic rings. The summed E-state index contributed by atoms with van der Waals surface area (Å²) in [7, 11) is 0. The second kappa shape index (κ2) is 7.85. The lowest BCUT2D eigenvalue weighted by atomic mass is 9.93. The predicted octanol–water partition coefficient (Wildman–Crippen LogP) is 3.31. The summed E-state index contributed by atoms with van der Waals surface area (Å²) in [6.45, 7) is 3.59. The minimum absolute atomic E-state index is 0.410. The number of carbonyl (C=O) groups is 3. The van der Waals surface area contributed by atoms with Crippen LogP contribution in [0.3, 0.4) is 0 Å². The molecule has 2 fully saturated rings. The van der Waals surface area contributed by atoms with Gasteiger partial charge < -0.3 is 24.1 Å². The maximum atomic E-state index is 12.4. The molecule has 1 saturated heterocycles. The van der Waals surface area contributed by atoms with E-state index in [0.29, 0.717) is 19.3 Å². The highest BCUT2D eigenvalue weighted by molar-refractivity contribution is 6.16. The van der Waals surface area contributed by atoms with Gasteiger partial charge in [-0.05, 0) is 25.3 Å². The topological polar surface area (TPSA) is 108 Å². The number of hydrogen-bond donors (Lipinski definition) is 1. The summed E-state index contributed by atoms with van der Waals surface area (Å²) in [6.07, 6.45) is 7.46. The Morgan fingerprint density at radius 3 is 2.14 bits per heavy atom. The van der Waals surface area contributed by atoms with Crippen molar-refractivity contribution in [1.82, 2.24) is 0 Å². The molecule has 2 aliphatic heterocycles. The highest BCUT2D eigenvalue weighted by atomic mass is 16.8. The summed E-state index contributed by atoms with van der Waals surface area (Å²) in [5, 5.41) is 10.2. The van der Waals surface area contributed by atoms with Crippen molar-refractivity contribution in [2.45, 2.75) is 83.2 Å². The largest absolute Gasteiger partial charge is 0.480 e. The van der Waals surface area contributed by atoms with Crippen molar-refractivity contribution < 1.29 is 38.4 Å². The first-order chi connectivity index (χ1) is 13.3. The zero-order valence-electron chi connectivity index (χ0n) is 16.2. The van der Waals surface area contributed by atoms with Crippen molar-refractivity contribution in [3.05, 3.63) is 23.2 Å². The van der Waals surface area contributed by atoms with Gasteiger partial charge in [0.2, 0.25) is 0 Å². The third-order valence-corrected chi connectivity index (χ3v) is 5.21. The molecule has 28 heavy (non-hydrogen) atoms. The number of rotatable bonds is 5. The van der Waals surface area contributed by atoms with Crippen LogP contribution in [-0.4, -0.2) is 34.6 Å². The van der Waals surface area contributed by atoms with Gasteiger partial charge in [0.25, 0.3) is 17.5 Å². The number of aliphatic hydroxyl groups excluding tert-OH is 1. The molecule has 8 nitrogen and oxygen atoms in total. The maximum Gasteiger partial charge on any atom is 0.348 e. The molecule has 3 rings (SSSR count). The molecule has 0 aromatic carbocycles. The van der Waals surface area contributed by atoms with E-state index in [1.807, 2.05) is 6.92 Å². The number of aliphatic hydroxyl groups is 1. The van der Waals surface area contributed by atoms with E-state index in [1.54, 1.807) is 6.92 Å². The third-order valence-electron chi connectivity index (χ3n) is 5.21. The summed E-state index contributed by atoms with van der Waals surface area (Å²) < 4.78 is 21.4. The van der Waals surface area contributed by atoms with Gasteiger partial charge in [-0.2, -0.15) is 0 Å². The smallest absolute Gasteiger partial charge is 0.348 e. The highest BCUT2D eigenvalue weighted by Gasteiger charge is 2.47. The minimum Gasteiger partial charge on any atom is -0.480 e. The van der Waals surface area contributed by atoms with Crippen LogP contribution in [0.1, 0.15) is 71.6 Å². The fraction of sp³-hybridized carbons (Fsp3) is 0.650. The van der Waals surface area contributed by atoms with Crippen LogP contribution < -0.4 is 0 Å². The van der Waals surface area contributed by atoms with Gasteiger partial charge in [0, 0.05) is 26.2 Å². The van der Waals surface area contributed by atoms with Crippen LogP contribution >= 0.6 is 0 Å². The summed E-state index contributed by atoms with van der Waals surface area (Å²) >= 11 is 0. The SMILES string of the molecule is CCCCCC1(C)OC(=O)C(C=C2C(=O)OC3(CCCCC3)OC2=O)=C(O)O1. The summed E-state index contributed by atoms with van der Waals surface area (Å²) in [4.78, 5) is 37.1. The quantitative estimate of drug-likeness (QED) is 0.327. The Bertz CT molecular complexity index is 706. The Morgan fingerprint density at radius 1 is 0.929 bits per heavy atom. The normalized spacial score (nSPS) is 27.1. The minimum atomic E-state index is -1.29. The van der Waals surface area contributed by atoms with Crippen molar-refractivity contribution >= 4 is 17.9 Å². The second-order valence-corrected chi connectivity index (χ2v) is 7.61. The first kappa shape index (κ1) is 20.2. The zero-order valence-corrected chi connectivity index (χ0v) is 16.2. The van der Waals surface area contributed by atoms with E-state index in [9.17, 15) is 19.5 Å². The van der Waals surface area contributed by atoms with Gasteiger partial charge in [0.05, 0.1) is 0 Å². The molecule has 0 bridgehead atoms. The molecule has 1 atom stereocenters. The monoisotopic (exact) mass is 394 g/mol. The Hall–Kier alpha value is -2.51. The lowest BCUT2D eigenvalue weighted by Gasteiger charge is -2.38. The molecule has 1 saturated carbocycles. The van der Waals surface area contributed by atoms with Crippen LogP contribution in [0.15, 0.2) is 23.2 Å². The standard InChI is InChI=1S/C20H26O8/c1-3-4-6-9-19(2)25-15(21)13(16(22)26-19)12-14-17(23)27-20(28-18(14)24)10-7-5-8-11-20/h12,21H,3-11H2,1-2H3. The van der Waals surface area contributed by atoms with E-state index in [2.05, 4.69) is 0 Å². The number of unbranched alkanes of at least 4 members (excludes halogenated alkanes) is 2. The fourth-order valence-electron chi connectivity index (χ4n) is 3.65. The maximum absolute atomic E-state index is 12.4. The number of carbonyl (C=O) groups excluding carboxylic acids is 3. The van der Waals surface area contributed by atoms with Crippen LogP contribution in [0, 0.1) is 0 Å². The van der Waals surface area contributed by atoms with Gasteiger partial charge in [0.1, 0.15) is 11.1 Å². The van der Waals surface area contributed by atoms with Crippen LogP contribution in [0.25, 0.3) is 0 Å². The van der Waals surface area contributed by atoms with E-state index in [1.165, 1.54) is 0 Å². The van der Waals surface area contributed by atoms with E-state index < -0.39 is 46.6 Å². The molecule has 154 valence electrons. The first-order valence-corrected chi connectivity index (χ1v) is 9.81. The van der Waals surface area contributed by atoms with Gasteiger partial charge in [-0.1, -0.05) is 26.2 Å². The van der Waals surface area contributed by atoms with Crippen LogP contribution in [-0.2, 0) is 33.3 Å². The van der Waals surface area contributed by atoms with Gasteiger partial charge in [-0.15, -0.1) is 0 Å². The van der Waals surface area contributed by atoms with Crippen molar-refractivity contribution in [2.75, 3.05) is 0 Å². The molecule has 8 heteroatoms. The second-order valence-electron chi connectivity index (χ2n) is 7.61. The van der Waals surface area contributed by atoms with Crippen molar-refractivity contribution in [3.8, 4) is 0 Å².